The minimum Gasteiger partial charge on any atom is -0.396 e. The van der Waals surface area contributed by atoms with Gasteiger partial charge in [0, 0.05) is 49.6 Å². The molecule has 3 rings (SSSR count). The zero-order valence-corrected chi connectivity index (χ0v) is 15.1. The summed E-state index contributed by atoms with van der Waals surface area (Å²) in [4.78, 5) is 15.7. The number of fused-ring (bicyclic) bond motifs is 1. The molecule has 2 aliphatic heterocycles. The van der Waals surface area contributed by atoms with Crippen molar-refractivity contribution in [1.82, 2.24) is 4.90 Å². The van der Waals surface area contributed by atoms with Gasteiger partial charge >= 0.3 is 6.18 Å². The number of anilines is 1. The van der Waals surface area contributed by atoms with Crippen LogP contribution in [0, 0.1) is 22.7 Å². The summed E-state index contributed by atoms with van der Waals surface area (Å²) in [6, 6.07) is 5.35. The Morgan fingerprint density at radius 3 is 2.74 bits per heavy atom. The molecule has 2 heterocycles. The molecule has 27 heavy (non-hydrogen) atoms. The van der Waals surface area contributed by atoms with Crippen LogP contribution in [0.15, 0.2) is 18.2 Å². The molecule has 0 unspecified atom stereocenters. The van der Waals surface area contributed by atoms with Gasteiger partial charge in [0.1, 0.15) is 0 Å². The van der Waals surface area contributed by atoms with E-state index < -0.39 is 17.3 Å². The van der Waals surface area contributed by atoms with Crippen molar-refractivity contribution in [2.75, 3.05) is 37.7 Å². The smallest absolute Gasteiger partial charge is 0.396 e. The average Bonchev–Trinajstić information content (AvgIpc) is 3.05. The number of amides is 1. The first-order chi connectivity index (χ1) is 12.7. The quantitative estimate of drug-likeness (QED) is 0.874. The molecule has 1 aromatic carbocycles. The molecule has 0 aliphatic carbocycles. The summed E-state index contributed by atoms with van der Waals surface area (Å²) < 4.78 is 39.7. The van der Waals surface area contributed by atoms with Gasteiger partial charge in [-0.1, -0.05) is 6.92 Å². The molecule has 5 nitrogen and oxygen atoms in total. The van der Waals surface area contributed by atoms with E-state index in [2.05, 4.69) is 0 Å². The molecule has 2 aliphatic rings. The number of likely N-dealkylation sites (tertiary alicyclic amines) is 1. The summed E-state index contributed by atoms with van der Waals surface area (Å²) in [5.41, 5.74) is -1.31. The predicted octanol–water partition coefficient (Wildman–Crippen LogP) is 2.63. The number of alkyl halides is 3. The number of carbonyl (C=O) groups excluding carboxylic acids is 1. The van der Waals surface area contributed by atoms with Gasteiger partial charge in [0.2, 0.25) is 5.91 Å². The van der Waals surface area contributed by atoms with Crippen LogP contribution in [0.3, 0.4) is 0 Å². The second-order valence-electron chi connectivity index (χ2n) is 7.38. The van der Waals surface area contributed by atoms with Crippen molar-refractivity contribution < 1.29 is 23.1 Å². The summed E-state index contributed by atoms with van der Waals surface area (Å²) in [7, 11) is 0. The van der Waals surface area contributed by atoms with Gasteiger partial charge in [-0.2, -0.15) is 18.4 Å². The minimum atomic E-state index is -4.59. The van der Waals surface area contributed by atoms with E-state index in [0.29, 0.717) is 44.7 Å². The lowest BCUT2D eigenvalue weighted by molar-refractivity contribution is -0.137. The maximum atomic E-state index is 13.2. The van der Waals surface area contributed by atoms with Crippen LogP contribution in [0.1, 0.15) is 30.9 Å². The Morgan fingerprint density at radius 2 is 2.15 bits per heavy atom. The molecule has 0 aromatic heterocycles. The third-order valence-electron chi connectivity index (χ3n) is 5.90. The first-order valence-electron chi connectivity index (χ1n) is 8.99. The molecule has 0 saturated carbocycles. The zero-order valence-electron chi connectivity index (χ0n) is 15.1. The Labute approximate surface area is 156 Å². The topological polar surface area (TPSA) is 67.6 Å². The van der Waals surface area contributed by atoms with Crippen molar-refractivity contribution in [2.45, 2.75) is 25.9 Å². The largest absolute Gasteiger partial charge is 0.417 e. The summed E-state index contributed by atoms with van der Waals surface area (Å²) >= 11 is 0. The van der Waals surface area contributed by atoms with Gasteiger partial charge in [-0.25, -0.2) is 0 Å². The van der Waals surface area contributed by atoms with E-state index in [4.69, 9.17) is 5.26 Å². The number of carbonyl (C=O) groups is 1. The standard InChI is InChI=1S/C19H22F3N3O2/c1-2-17(27)25-10-14-9-24(6-5-18(14,11-25)12-26)15-4-3-13(8-23)16(7-15)19(20,21)22/h3-4,7,14,26H,2,5-6,9-12H2,1H3/t14-,18+/m1/s1. The molecule has 1 aromatic rings. The minimum absolute atomic E-state index is 0.00303. The van der Waals surface area contributed by atoms with Gasteiger partial charge in [0.05, 0.1) is 23.8 Å². The van der Waals surface area contributed by atoms with Crippen LogP contribution in [0.2, 0.25) is 0 Å². The molecule has 0 radical (unpaired) electrons. The number of nitrogens with zero attached hydrogens (tertiary/aromatic N) is 3. The number of hydrogen-bond acceptors (Lipinski definition) is 4. The molecular formula is C19H22F3N3O2. The first kappa shape index (κ1) is 19.5. The molecule has 1 amide bonds. The van der Waals surface area contributed by atoms with Crippen molar-refractivity contribution in [3.05, 3.63) is 29.3 Å². The van der Waals surface area contributed by atoms with Crippen molar-refractivity contribution in [3.63, 3.8) is 0 Å². The number of hydrogen-bond donors (Lipinski definition) is 1. The summed E-state index contributed by atoms with van der Waals surface area (Å²) in [5.74, 6) is 0.0261. The van der Waals surface area contributed by atoms with Gasteiger partial charge in [0.25, 0.3) is 0 Å². The number of piperidine rings is 1. The van der Waals surface area contributed by atoms with E-state index in [1.54, 1.807) is 17.9 Å². The van der Waals surface area contributed by atoms with Gasteiger partial charge < -0.3 is 14.9 Å². The third-order valence-corrected chi connectivity index (χ3v) is 5.90. The van der Waals surface area contributed by atoms with Gasteiger partial charge in [-0.3, -0.25) is 4.79 Å². The first-order valence-corrected chi connectivity index (χ1v) is 8.99. The van der Waals surface area contributed by atoms with Crippen LogP contribution in [0.25, 0.3) is 0 Å². The van der Waals surface area contributed by atoms with Crippen LogP contribution in [-0.4, -0.2) is 48.7 Å². The lowest BCUT2D eigenvalue weighted by atomic mass is 9.73. The molecule has 8 heteroatoms. The van der Waals surface area contributed by atoms with Gasteiger partial charge in [0.15, 0.2) is 0 Å². The number of nitriles is 1. The monoisotopic (exact) mass is 381 g/mol. The lowest BCUT2D eigenvalue weighted by Crippen LogP contribution is -2.49. The van der Waals surface area contributed by atoms with Crippen LogP contribution in [0.4, 0.5) is 18.9 Å². The fourth-order valence-corrected chi connectivity index (χ4v) is 4.25. The van der Waals surface area contributed by atoms with Crippen LogP contribution in [-0.2, 0) is 11.0 Å². The zero-order chi connectivity index (χ0) is 19.8. The summed E-state index contributed by atoms with van der Waals surface area (Å²) in [5, 5.41) is 18.9. The van der Waals surface area contributed by atoms with Crippen LogP contribution < -0.4 is 4.90 Å². The second kappa shape index (κ2) is 7.04. The molecule has 2 fully saturated rings. The molecule has 2 atom stereocenters. The Kier molecular flexibility index (Phi) is 5.08. The van der Waals surface area contributed by atoms with E-state index in [1.165, 1.54) is 12.1 Å². The van der Waals surface area contributed by atoms with Gasteiger partial charge in [-0.05, 0) is 24.6 Å². The van der Waals surface area contributed by atoms with Crippen molar-refractivity contribution in [3.8, 4) is 6.07 Å². The predicted molar refractivity (Wildman–Crippen MR) is 92.9 cm³/mol. The third kappa shape index (κ3) is 3.48. The second-order valence-corrected chi connectivity index (χ2v) is 7.38. The van der Waals surface area contributed by atoms with E-state index in [9.17, 15) is 23.1 Å². The lowest BCUT2D eigenvalue weighted by Gasteiger charge is -2.43. The molecule has 0 spiro atoms. The maximum absolute atomic E-state index is 13.2. The van der Waals surface area contributed by atoms with E-state index in [-0.39, 0.29) is 23.8 Å². The van der Waals surface area contributed by atoms with Gasteiger partial charge in [-0.15, -0.1) is 0 Å². The molecule has 1 N–H and O–H groups in total. The average molecular weight is 381 g/mol. The number of aliphatic hydroxyl groups is 1. The van der Waals surface area contributed by atoms with Crippen molar-refractivity contribution >= 4 is 11.6 Å². The maximum Gasteiger partial charge on any atom is 0.417 e. The Balaban J connectivity index is 1.85. The fourth-order valence-electron chi connectivity index (χ4n) is 4.25. The highest BCUT2D eigenvalue weighted by molar-refractivity contribution is 5.76. The fraction of sp³-hybridized carbons (Fsp3) is 0.579. The van der Waals surface area contributed by atoms with Crippen molar-refractivity contribution in [1.29, 1.82) is 5.26 Å². The summed E-state index contributed by atoms with van der Waals surface area (Å²) in [6.07, 6.45) is -3.60. The summed E-state index contributed by atoms with van der Waals surface area (Å²) in [6.45, 7) is 3.71. The van der Waals surface area contributed by atoms with Crippen LogP contribution in [0.5, 0.6) is 0 Å². The normalized spacial score (nSPS) is 25.3. The number of aliphatic hydroxyl groups excluding tert-OH is 1. The Morgan fingerprint density at radius 1 is 1.41 bits per heavy atom. The van der Waals surface area contributed by atoms with E-state index in [1.807, 2.05) is 4.90 Å². The van der Waals surface area contributed by atoms with E-state index >= 15 is 0 Å². The van der Waals surface area contributed by atoms with E-state index in [0.717, 1.165) is 6.07 Å². The number of rotatable bonds is 3. The van der Waals surface area contributed by atoms with Crippen LogP contribution >= 0.6 is 0 Å². The molecule has 0 bridgehead atoms. The molecule has 2 saturated heterocycles. The number of halogens is 3. The Bertz CT molecular complexity index is 774. The Hall–Kier alpha value is -2.27. The molecular weight excluding hydrogens is 359 g/mol. The van der Waals surface area contributed by atoms with Crippen molar-refractivity contribution in [2.24, 2.45) is 11.3 Å². The highest BCUT2D eigenvalue weighted by atomic mass is 19.4. The number of benzene rings is 1. The SMILES string of the molecule is CCC(=O)N1C[C@H]2CN(c3ccc(C#N)c(C(F)(F)F)c3)CC[C@@]2(CO)C1. The highest BCUT2D eigenvalue weighted by Crippen LogP contribution is 2.44. The molecule has 146 valence electrons. The highest BCUT2D eigenvalue weighted by Gasteiger charge is 2.50.